The number of anilines is 1. The van der Waals surface area contributed by atoms with Gasteiger partial charge in [0.25, 0.3) is 5.91 Å². The van der Waals surface area contributed by atoms with Crippen LogP contribution in [-0.4, -0.2) is 49.1 Å². The smallest absolute Gasteiger partial charge is 0.287 e. The number of rotatable bonds is 4. The highest BCUT2D eigenvalue weighted by Gasteiger charge is 2.40. The Morgan fingerprint density at radius 1 is 1.04 bits per heavy atom. The number of carbonyl (C=O) groups is 1. The zero-order chi connectivity index (χ0) is 19.1. The predicted octanol–water partition coefficient (Wildman–Crippen LogP) is 3.76. The maximum absolute atomic E-state index is 12.9. The Kier molecular flexibility index (Phi) is 4.63. The monoisotopic (exact) mass is 379 g/mol. The molecular weight excluding hydrogens is 350 g/mol. The summed E-state index contributed by atoms with van der Waals surface area (Å²) in [5.74, 6) is 1.69. The Labute approximate surface area is 166 Å². The Hall–Kier alpha value is -2.27. The van der Waals surface area contributed by atoms with Crippen LogP contribution in [0.3, 0.4) is 0 Å². The number of hydrogen-bond acceptors (Lipinski definition) is 4. The van der Waals surface area contributed by atoms with Gasteiger partial charge in [0, 0.05) is 36.4 Å². The van der Waals surface area contributed by atoms with Crippen molar-refractivity contribution in [3.8, 4) is 11.3 Å². The summed E-state index contributed by atoms with van der Waals surface area (Å²) in [6.45, 7) is 6.73. The third kappa shape index (κ3) is 3.12. The van der Waals surface area contributed by atoms with E-state index in [-0.39, 0.29) is 11.9 Å². The van der Waals surface area contributed by atoms with E-state index in [0.717, 1.165) is 37.5 Å². The number of hydrogen-bond donors (Lipinski definition) is 1. The molecule has 1 aromatic carbocycles. The van der Waals surface area contributed by atoms with Crippen LogP contribution in [0.5, 0.6) is 0 Å². The maximum Gasteiger partial charge on any atom is 0.287 e. The van der Waals surface area contributed by atoms with E-state index in [1.54, 1.807) is 0 Å². The average molecular weight is 380 g/mol. The number of nitrogens with one attached hydrogen (secondary N) is 1. The van der Waals surface area contributed by atoms with Gasteiger partial charge < -0.3 is 14.6 Å². The molecular formula is C23H29N3O2. The number of para-hydroxylation sites is 1. The van der Waals surface area contributed by atoms with E-state index in [1.807, 2.05) is 18.2 Å². The first-order valence-electron chi connectivity index (χ1n) is 10.7. The second-order valence-corrected chi connectivity index (χ2v) is 8.49. The Morgan fingerprint density at radius 2 is 1.79 bits per heavy atom. The van der Waals surface area contributed by atoms with Crippen LogP contribution in [0.2, 0.25) is 0 Å². The summed E-state index contributed by atoms with van der Waals surface area (Å²) in [5.41, 5.74) is 2.27. The summed E-state index contributed by atoms with van der Waals surface area (Å²) in [7, 11) is 0. The minimum atomic E-state index is -0.0875. The molecule has 5 heterocycles. The van der Waals surface area contributed by atoms with Gasteiger partial charge in [-0.3, -0.25) is 9.69 Å². The molecule has 4 aliphatic heterocycles. The third-order valence-corrected chi connectivity index (χ3v) is 6.92. The molecule has 1 amide bonds. The van der Waals surface area contributed by atoms with E-state index in [0.29, 0.717) is 17.7 Å². The molecule has 28 heavy (non-hydrogen) atoms. The van der Waals surface area contributed by atoms with Gasteiger partial charge >= 0.3 is 0 Å². The maximum atomic E-state index is 12.9. The molecule has 5 nitrogen and oxygen atoms in total. The van der Waals surface area contributed by atoms with Crippen molar-refractivity contribution in [3.63, 3.8) is 0 Å². The molecule has 2 bridgehead atoms. The summed E-state index contributed by atoms with van der Waals surface area (Å²) in [5, 5.41) is 3.27. The largest absolute Gasteiger partial charge is 0.451 e. The van der Waals surface area contributed by atoms with Gasteiger partial charge in [-0.1, -0.05) is 12.1 Å². The van der Waals surface area contributed by atoms with Gasteiger partial charge in [0.15, 0.2) is 5.76 Å². The van der Waals surface area contributed by atoms with Gasteiger partial charge in [0.1, 0.15) is 5.76 Å². The number of benzene rings is 1. The minimum absolute atomic E-state index is 0.0875. The van der Waals surface area contributed by atoms with Crippen LogP contribution in [0.4, 0.5) is 5.69 Å². The molecule has 148 valence electrons. The fourth-order valence-corrected chi connectivity index (χ4v) is 5.29. The summed E-state index contributed by atoms with van der Waals surface area (Å²) in [6.07, 6.45) is 4.83. The zero-order valence-corrected chi connectivity index (χ0v) is 16.6. The van der Waals surface area contributed by atoms with Gasteiger partial charge in [-0.25, -0.2) is 0 Å². The van der Waals surface area contributed by atoms with E-state index in [4.69, 9.17) is 4.42 Å². The van der Waals surface area contributed by atoms with Crippen molar-refractivity contribution >= 4 is 11.6 Å². The zero-order valence-electron chi connectivity index (χ0n) is 16.6. The Morgan fingerprint density at radius 3 is 2.54 bits per heavy atom. The number of carbonyl (C=O) groups excluding carboxylic acids is 1. The van der Waals surface area contributed by atoms with Crippen molar-refractivity contribution < 1.29 is 9.21 Å². The summed E-state index contributed by atoms with van der Waals surface area (Å²) < 4.78 is 6.04. The second-order valence-electron chi connectivity index (χ2n) is 8.49. The fourth-order valence-electron chi connectivity index (χ4n) is 5.29. The molecule has 2 atom stereocenters. The Bertz CT molecular complexity index is 845. The van der Waals surface area contributed by atoms with Gasteiger partial charge in [-0.05, 0) is 75.9 Å². The molecule has 6 rings (SSSR count). The summed E-state index contributed by atoms with van der Waals surface area (Å²) in [4.78, 5) is 17.8. The van der Waals surface area contributed by atoms with Crippen LogP contribution < -0.4 is 10.2 Å². The lowest BCUT2D eigenvalue weighted by Crippen LogP contribution is -2.62. The van der Waals surface area contributed by atoms with Crippen molar-refractivity contribution in [2.75, 3.05) is 31.1 Å². The van der Waals surface area contributed by atoms with E-state index in [2.05, 4.69) is 40.2 Å². The van der Waals surface area contributed by atoms with Crippen molar-refractivity contribution in [2.45, 2.75) is 44.7 Å². The topological polar surface area (TPSA) is 48.7 Å². The number of nitrogens with zero attached hydrogens (tertiary/aromatic N) is 2. The molecule has 4 fully saturated rings. The van der Waals surface area contributed by atoms with Crippen LogP contribution in [-0.2, 0) is 0 Å². The SMILES string of the molecule is CC1C(NC(=O)c2ccc(-c3ccccc3N3CCCC3)o2)C2CCN1CC2. The molecule has 0 radical (unpaired) electrons. The van der Waals surface area contributed by atoms with Crippen molar-refractivity contribution in [2.24, 2.45) is 5.92 Å². The normalized spacial score (nSPS) is 29.2. The van der Waals surface area contributed by atoms with E-state index >= 15 is 0 Å². The van der Waals surface area contributed by atoms with Gasteiger partial charge in [0.05, 0.1) is 0 Å². The number of piperidine rings is 3. The van der Waals surface area contributed by atoms with Gasteiger partial charge in [0.2, 0.25) is 0 Å². The highest BCUT2D eigenvalue weighted by Crippen LogP contribution is 2.35. The van der Waals surface area contributed by atoms with E-state index in [9.17, 15) is 4.79 Å². The lowest BCUT2D eigenvalue weighted by atomic mass is 9.79. The van der Waals surface area contributed by atoms with Crippen LogP contribution >= 0.6 is 0 Å². The highest BCUT2D eigenvalue weighted by atomic mass is 16.4. The van der Waals surface area contributed by atoms with Crippen LogP contribution in [0.25, 0.3) is 11.3 Å². The highest BCUT2D eigenvalue weighted by molar-refractivity contribution is 5.92. The Balaban J connectivity index is 1.35. The molecule has 2 aromatic rings. The lowest BCUT2D eigenvalue weighted by molar-refractivity contribution is 0.0211. The molecule has 0 saturated carbocycles. The molecule has 4 aliphatic rings. The standard InChI is InChI=1S/C23H29N3O2/c1-16-22(17-10-14-25(16)15-11-17)24-23(27)21-9-8-20(28-21)18-6-2-3-7-19(18)26-12-4-5-13-26/h2-3,6-9,16-17,22H,4-5,10-15H2,1H3,(H,24,27). The van der Waals surface area contributed by atoms with E-state index < -0.39 is 0 Å². The fraction of sp³-hybridized carbons (Fsp3) is 0.522. The molecule has 2 unspecified atom stereocenters. The van der Waals surface area contributed by atoms with Crippen molar-refractivity contribution in [1.82, 2.24) is 10.2 Å². The molecule has 1 aromatic heterocycles. The van der Waals surface area contributed by atoms with Crippen molar-refractivity contribution in [1.29, 1.82) is 0 Å². The first-order chi connectivity index (χ1) is 13.7. The van der Waals surface area contributed by atoms with Gasteiger partial charge in [-0.15, -0.1) is 0 Å². The molecule has 0 aliphatic carbocycles. The second kappa shape index (κ2) is 7.28. The van der Waals surface area contributed by atoms with Crippen LogP contribution in [0, 0.1) is 5.92 Å². The number of fused-ring (bicyclic) bond motifs is 3. The average Bonchev–Trinajstić information content (AvgIpc) is 3.43. The number of amides is 1. The first kappa shape index (κ1) is 17.8. The molecule has 4 saturated heterocycles. The summed E-state index contributed by atoms with van der Waals surface area (Å²) >= 11 is 0. The summed E-state index contributed by atoms with van der Waals surface area (Å²) in [6, 6.07) is 12.7. The molecule has 5 heteroatoms. The third-order valence-electron chi connectivity index (χ3n) is 6.92. The minimum Gasteiger partial charge on any atom is -0.451 e. The van der Waals surface area contributed by atoms with Crippen LogP contribution in [0.1, 0.15) is 43.2 Å². The van der Waals surface area contributed by atoms with Crippen molar-refractivity contribution in [3.05, 3.63) is 42.2 Å². The van der Waals surface area contributed by atoms with Gasteiger partial charge in [-0.2, -0.15) is 0 Å². The van der Waals surface area contributed by atoms with Crippen LogP contribution in [0.15, 0.2) is 40.8 Å². The van der Waals surface area contributed by atoms with E-state index in [1.165, 1.54) is 31.4 Å². The predicted molar refractivity (Wildman–Crippen MR) is 111 cm³/mol. The quantitative estimate of drug-likeness (QED) is 0.879. The lowest BCUT2D eigenvalue weighted by Gasteiger charge is -2.49. The molecule has 0 spiro atoms. The number of furan rings is 1. The first-order valence-corrected chi connectivity index (χ1v) is 10.7. The molecule has 1 N–H and O–H groups in total.